The largest absolute Gasteiger partial charge is 0.480 e. The van der Waals surface area contributed by atoms with Crippen LogP contribution in [0.25, 0.3) is 0 Å². The van der Waals surface area contributed by atoms with Gasteiger partial charge in [-0.05, 0) is 13.3 Å². The lowest BCUT2D eigenvalue weighted by Gasteiger charge is -2.27. The van der Waals surface area contributed by atoms with Crippen LogP contribution in [-0.2, 0) is 19.1 Å². The maximum Gasteiger partial charge on any atom is 0.326 e. The Hall–Kier alpha value is -0.830. The topological polar surface area (TPSA) is 88.1 Å². The number of hydrogen-bond donors (Lipinski definition) is 3. The molecule has 0 saturated carbocycles. The van der Waals surface area contributed by atoms with Gasteiger partial charge in [0.25, 0.3) is 0 Å². The number of carbonyl (C=O) groups is 2. The fourth-order valence-corrected chi connectivity index (χ4v) is 5.45. The molecule has 2 rings (SSSR count). The molecule has 2 aliphatic heterocycles. The summed E-state index contributed by atoms with van der Waals surface area (Å²) in [5.41, 5.74) is 0. The standard InChI is InChI=1S/C26H48N2O5S/c1-3-4-5-6-7-8-9-10-11-12-13-14-15-16-23(34)27-21(2)24(29)28-20-26(32-17-18-33-26)19-22(28)25(30)31/h21-23,27,34H,3-20H2,1-2H3,(H,30,31)/t21-,22-,23?/m0/s1. The first kappa shape index (κ1) is 29.4. The van der Waals surface area contributed by atoms with Gasteiger partial charge in [-0.3, -0.25) is 10.1 Å². The molecule has 2 heterocycles. The monoisotopic (exact) mass is 500 g/mol. The summed E-state index contributed by atoms with van der Waals surface area (Å²) in [6.45, 7) is 5.05. The van der Waals surface area contributed by atoms with E-state index in [0.717, 1.165) is 12.8 Å². The minimum absolute atomic E-state index is 0.0921. The summed E-state index contributed by atoms with van der Waals surface area (Å²) in [6, 6.07) is -1.43. The van der Waals surface area contributed by atoms with Crippen molar-refractivity contribution >= 4 is 24.5 Å². The van der Waals surface area contributed by atoms with Crippen LogP contribution in [0.5, 0.6) is 0 Å². The number of carbonyl (C=O) groups excluding carboxylic acids is 1. The number of likely N-dealkylation sites (tertiary alicyclic amines) is 1. The van der Waals surface area contributed by atoms with E-state index in [1.54, 1.807) is 6.92 Å². The highest BCUT2D eigenvalue weighted by atomic mass is 32.1. The summed E-state index contributed by atoms with van der Waals surface area (Å²) >= 11 is 4.62. The van der Waals surface area contributed by atoms with E-state index < -0.39 is 23.8 Å². The van der Waals surface area contributed by atoms with E-state index in [-0.39, 0.29) is 24.2 Å². The van der Waals surface area contributed by atoms with Gasteiger partial charge in [0.2, 0.25) is 5.91 Å². The zero-order valence-electron chi connectivity index (χ0n) is 21.4. The van der Waals surface area contributed by atoms with E-state index in [1.807, 2.05) is 0 Å². The van der Waals surface area contributed by atoms with Gasteiger partial charge < -0.3 is 19.5 Å². The van der Waals surface area contributed by atoms with Gasteiger partial charge >= 0.3 is 5.97 Å². The van der Waals surface area contributed by atoms with Gasteiger partial charge in [0, 0.05) is 6.42 Å². The molecular formula is C26H48N2O5S. The van der Waals surface area contributed by atoms with Crippen LogP contribution in [0.3, 0.4) is 0 Å². The Morgan fingerprint density at radius 3 is 1.97 bits per heavy atom. The van der Waals surface area contributed by atoms with E-state index in [9.17, 15) is 14.7 Å². The first-order valence-corrected chi connectivity index (χ1v) is 14.2. The third-order valence-electron chi connectivity index (χ3n) is 7.07. The number of hydrogen-bond acceptors (Lipinski definition) is 6. The number of ether oxygens (including phenoxy) is 2. The Labute approximate surface area is 212 Å². The van der Waals surface area contributed by atoms with Gasteiger partial charge in [0.15, 0.2) is 5.79 Å². The van der Waals surface area contributed by atoms with Crippen LogP contribution in [0.2, 0.25) is 0 Å². The van der Waals surface area contributed by atoms with Gasteiger partial charge in [-0.1, -0.05) is 90.4 Å². The maximum absolute atomic E-state index is 13.0. The van der Waals surface area contributed by atoms with Gasteiger partial charge in [-0.2, -0.15) is 12.6 Å². The minimum Gasteiger partial charge on any atom is -0.480 e. The van der Waals surface area contributed by atoms with Crippen molar-refractivity contribution in [1.29, 1.82) is 0 Å². The first-order chi connectivity index (χ1) is 16.4. The smallest absolute Gasteiger partial charge is 0.326 e. The highest BCUT2D eigenvalue weighted by molar-refractivity contribution is 7.80. The fourth-order valence-electron chi connectivity index (χ4n) is 5.04. The Bertz CT molecular complexity index is 600. The Morgan fingerprint density at radius 2 is 1.47 bits per heavy atom. The number of unbranched alkanes of at least 4 members (excludes halogenated alkanes) is 12. The van der Waals surface area contributed by atoms with Crippen LogP contribution >= 0.6 is 12.6 Å². The Morgan fingerprint density at radius 1 is 0.971 bits per heavy atom. The summed E-state index contributed by atoms with van der Waals surface area (Å²) in [5.74, 6) is -2.23. The third kappa shape index (κ3) is 10.0. The van der Waals surface area contributed by atoms with E-state index in [4.69, 9.17) is 9.47 Å². The van der Waals surface area contributed by atoms with Crippen molar-refractivity contribution in [2.75, 3.05) is 19.8 Å². The second-order valence-corrected chi connectivity index (χ2v) is 10.7. The summed E-state index contributed by atoms with van der Waals surface area (Å²) in [4.78, 5) is 26.1. The minimum atomic E-state index is -1.02. The van der Waals surface area contributed by atoms with Crippen molar-refractivity contribution in [3.63, 3.8) is 0 Å². The lowest BCUT2D eigenvalue weighted by Crippen LogP contribution is -2.51. The predicted molar refractivity (Wildman–Crippen MR) is 138 cm³/mol. The molecule has 3 atom stereocenters. The zero-order chi connectivity index (χ0) is 24.8. The summed E-state index contributed by atoms with van der Waals surface area (Å²) in [5, 5.41) is 12.7. The lowest BCUT2D eigenvalue weighted by molar-refractivity contribution is -0.153. The van der Waals surface area contributed by atoms with Gasteiger partial charge in [-0.15, -0.1) is 0 Å². The van der Waals surface area contributed by atoms with E-state index in [1.165, 1.54) is 81.9 Å². The van der Waals surface area contributed by atoms with Crippen LogP contribution in [0.1, 0.15) is 110 Å². The van der Waals surface area contributed by atoms with Crippen molar-refractivity contribution in [3.05, 3.63) is 0 Å². The molecule has 2 fully saturated rings. The summed E-state index contributed by atoms with van der Waals surface area (Å²) in [6.07, 6.45) is 18.2. The average Bonchev–Trinajstić information content (AvgIpc) is 3.43. The molecule has 1 spiro atoms. The van der Waals surface area contributed by atoms with Crippen molar-refractivity contribution in [3.8, 4) is 0 Å². The lowest BCUT2D eigenvalue weighted by atomic mass is 10.0. The molecule has 0 aromatic rings. The second-order valence-electron chi connectivity index (χ2n) is 10.1. The second kappa shape index (κ2) is 16.0. The van der Waals surface area contributed by atoms with Crippen LogP contribution in [0, 0.1) is 0 Å². The molecular weight excluding hydrogens is 452 g/mol. The number of aliphatic carboxylic acids is 1. The quantitative estimate of drug-likeness (QED) is 0.137. The molecule has 2 aliphatic rings. The molecule has 0 aromatic carbocycles. The molecule has 34 heavy (non-hydrogen) atoms. The van der Waals surface area contributed by atoms with E-state index in [2.05, 4.69) is 24.9 Å². The molecule has 0 radical (unpaired) electrons. The van der Waals surface area contributed by atoms with Crippen molar-refractivity contribution < 1.29 is 24.2 Å². The normalized spacial score (nSPS) is 21.3. The third-order valence-corrected chi connectivity index (χ3v) is 7.47. The number of nitrogens with zero attached hydrogens (tertiary/aromatic N) is 1. The molecule has 2 N–H and O–H groups in total. The highest BCUT2D eigenvalue weighted by Crippen LogP contribution is 2.35. The van der Waals surface area contributed by atoms with Crippen LogP contribution in [0.4, 0.5) is 0 Å². The Kier molecular flexibility index (Phi) is 13.9. The molecule has 7 nitrogen and oxygen atoms in total. The molecule has 1 amide bonds. The summed E-state index contributed by atoms with van der Waals surface area (Å²) < 4.78 is 11.3. The highest BCUT2D eigenvalue weighted by Gasteiger charge is 2.53. The van der Waals surface area contributed by atoms with Gasteiger partial charge in [0.1, 0.15) is 6.04 Å². The number of carboxylic acids is 1. The SMILES string of the molecule is CCCCCCCCCCCCCCCC(S)N[C@@H](C)C(=O)N1CC2(C[C@H]1C(=O)O)OCCO2. The number of amides is 1. The molecule has 8 heteroatoms. The van der Waals surface area contributed by atoms with Gasteiger partial charge in [-0.25, -0.2) is 4.79 Å². The number of nitrogens with one attached hydrogen (secondary N) is 1. The predicted octanol–water partition coefficient (Wildman–Crippen LogP) is 5.13. The number of thiol groups is 1. The van der Waals surface area contributed by atoms with Crippen LogP contribution in [0.15, 0.2) is 0 Å². The number of rotatable bonds is 18. The molecule has 1 unspecified atom stereocenters. The average molecular weight is 501 g/mol. The van der Waals surface area contributed by atoms with Crippen molar-refractivity contribution in [1.82, 2.24) is 10.2 Å². The summed E-state index contributed by atoms with van der Waals surface area (Å²) in [7, 11) is 0. The molecule has 0 bridgehead atoms. The van der Waals surface area contributed by atoms with Crippen molar-refractivity contribution in [2.45, 2.75) is 133 Å². The van der Waals surface area contributed by atoms with Gasteiger partial charge in [0.05, 0.1) is 31.2 Å². The van der Waals surface area contributed by atoms with E-state index in [0.29, 0.717) is 13.2 Å². The van der Waals surface area contributed by atoms with Crippen LogP contribution in [-0.4, -0.2) is 64.9 Å². The zero-order valence-corrected chi connectivity index (χ0v) is 22.3. The molecule has 0 aliphatic carbocycles. The molecule has 0 aromatic heterocycles. The maximum atomic E-state index is 13.0. The number of carboxylic acid groups (broad SMARTS) is 1. The first-order valence-electron chi connectivity index (χ1n) is 13.6. The fraction of sp³-hybridized carbons (Fsp3) is 0.923. The van der Waals surface area contributed by atoms with E-state index >= 15 is 0 Å². The van der Waals surface area contributed by atoms with Crippen molar-refractivity contribution in [2.24, 2.45) is 0 Å². The molecule has 198 valence electrons. The Balaban J connectivity index is 1.54. The molecule has 2 saturated heterocycles. The van der Waals surface area contributed by atoms with Crippen LogP contribution < -0.4 is 5.32 Å².